The lowest BCUT2D eigenvalue weighted by Gasteiger charge is -2.36. The Hall–Kier alpha value is -3.25. The summed E-state index contributed by atoms with van der Waals surface area (Å²) in [7, 11) is 3.74. The molecular weight excluding hydrogens is 523 g/mol. The first-order chi connectivity index (χ1) is 18.1. The van der Waals surface area contributed by atoms with Gasteiger partial charge in [-0.15, -0.1) is 0 Å². The molecule has 9 nitrogen and oxygen atoms in total. The lowest BCUT2D eigenvalue weighted by atomic mass is 9.72. The summed E-state index contributed by atoms with van der Waals surface area (Å²) >= 11 is 0. The molecule has 12 heteroatoms. The third-order valence-electron chi connectivity index (χ3n) is 6.27. The van der Waals surface area contributed by atoms with Gasteiger partial charge in [0.05, 0.1) is 47.3 Å². The Bertz CT molecular complexity index is 1140. The SMILES string of the molecule is COC(=O)C1C(C(C)OC)=NC(C(C)OC)=C(C(=O)OCOC(=O)C(C)(C)C)C1c1ccccc1C(F)(F)F. The summed E-state index contributed by atoms with van der Waals surface area (Å²) in [6.45, 7) is 7.07. The van der Waals surface area contributed by atoms with Crippen molar-refractivity contribution < 1.29 is 51.2 Å². The molecule has 1 aromatic rings. The van der Waals surface area contributed by atoms with Crippen molar-refractivity contribution in [3.05, 3.63) is 46.7 Å². The normalized spacial score (nSPS) is 19.6. The fourth-order valence-electron chi connectivity index (χ4n) is 4.06. The highest BCUT2D eigenvalue weighted by atomic mass is 19.4. The van der Waals surface area contributed by atoms with Crippen LogP contribution in [0, 0.1) is 11.3 Å². The van der Waals surface area contributed by atoms with E-state index in [1.807, 2.05) is 0 Å². The fourth-order valence-corrected chi connectivity index (χ4v) is 4.06. The van der Waals surface area contributed by atoms with Gasteiger partial charge < -0.3 is 23.7 Å². The summed E-state index contributed by atoms with van der Waals surface area (Å²) in [5, 5.41) is 0. The molecule has 2 rings (SSSR count). The first-order valence-corrected chi connectivity index (χ1v) is 12.1. The van der Waals surface area contributed by atoms with Crippen LogP contribution in [0.1, 0.15) is 51.7 Å². The molecule has 0 bridgehead atoms. The average molecular weight is 558 g/mol. The second-order valence-electron chi connectivity index (χ2n) is 9.89. The molecule has 0 amide bonds. The molecule has 0 aromatic heterocycles. The van der Waals surface area contributed by atoms with Gasteiger partial charge in [0.15, 0.2) is 0 Å². The number of nitrogens with zero attached hydrogens (tertiary/aromatic N) is 1. The van der Waals surface area contributed by atoms with Gasteiger partial charge in [0.25, 0.3) is 0 Å². The number of esters is 3. The highest BCUT2D eigenvalue weighted by Gasteiger charge is 2.49. The maximum absolute atomic E-state index is 14.2. The first kappa shape index (κ1) is 32.0. The number of hydrogen-bond acceptors (Lipinski definition) is 9. The van der Waals surface area contributed by atoms with Crippen LogP contribution in [-0.2, 0) is 44.2 Å². The Morgan fingerprint density at radius 1 is 0.949 bits per heavy atom. The van der Waals surface area contributed by atoms with E-state index in [1.54, 1.807) is 27.7 Å². The Labute approximate surface area is 225 Å². The number of halogens is 3. The van der Waals surface area contributed by atoms with Crippen LogP contribution in [0.5, 0.6) is 0 Å². The van der Waals surface area contributed by atoms with Crippen molar-refractivity contribution in [3.63, 3.8) is 0 Å². The van der Waals surface area contributed by atoms with Crippen LogP contribution in [-0.4, -0.2) is 63.9 Å². The van der Waals surface area contributed by atoms with Crippen molar-refractivity contribution >= 4 is 23.6 Å². The molecule has 0 saturated heterocycles. The summed E-state index contributed by atoms with van der Waals surface area (Å²) in [6, 6.07) is 4.58. The summed E-state index contributed by atoms with van der Waals surface area (Å²) < 4.78 is 68.6. The van der Waals surface area contributed by atoms with Gasteiger partial charge in [-0.3, -0.25) is 14.6 Å². The number of aliphatic imine (C=N–C) groups is 1. The molecule has 4 atom stereocenters. The summed E-state index contributed by atoms with van der Waals surface area (Å²) in [4.78, 5) is 43.3. The van der Waals surface area contributed by atoms with Crippen LogP contribution in [0.3, 0.4) is 0 Å². The molecule has 1 aromatic carbocycles. The number of rotatable bonds is 9. The molecule has 4 unspecified atom stereocenters. The average Bonchev–Trinajstić information content (AvgIpc) is 2.89. The standard InChI is InChI=1S/C27H34F3NO8/c1-14(35-6)21-19(23(32)37-8)18(16-11-9-10-12-17(16)27(28,29)30)20(22(31-21)15(2)36-7)24(33)38-13-39-25(34)26(3,4)5/h9-12,14-15,18-19H,13H2,1-8H3. The van der Waals surface area contributed by atoms with Crippen molar-refractivity contribution in [2.24, 2.45) is 16.3 Å². The number of benzene rings is 1. The van der Waals surface area contributed by atoms with Gasteiger partial charge in [-0.1, -0.05) is 18.2 Å². The molecule has 0 fully saturated rings. The number of hydrogen-bond donors (Lipinski definition) is 0. The third kappa shape index (κ3) is 7.24. The minimum Gasteiger partial charge on any atom is -0.468 e. The second-order valence-corrected chi connectivity index (χ2v) is 9.89. The smallest absolute Gasteiger partial charge is 0.416 e. The van der Waals surface area contributed by atoms with Crippen molar-refractivity contribution in [3.8, 4) is 0 Å². The van der Waals surface area contributed by atoms with E-state index in [0.29, 0.717) is 0 Å². The fraction of sp³-hybridized carbons (Fsp3) is 0.556. The van der Waals surface area contributed by atoms with E-state index in [4.69, 9.17) is 23.7 Å². The van der Waals surface area contributed by atoms with Crippen LogP contribution in [0.25, 0.3) is 0 Å². The zero-order valence-electron chi connectivity index (χ0n) is 23.2. The third-order valence-corrected chi connectivity index (χ3v) is 6.27. The van der Waals surface area contributed by atoms with Crippen LogP contribution in [0.4, 0.5) is 13.2 Å². The van der Waals surface area contributed by atoms with E-state index in [-0.39, 0.29) is 22.5 Å². The number of methoxy groups -OCH3 is 3. The highest BCUT2D eigenvalue weighted by Crippen LogP contribution is 2.46. The van der Waals surface area contributed by atoms with E-state index in [2.05, 4.69) is 4.99 Å². The van der Waals surface area contributed by atoms with Crippen molar-refractivity contribution in [2.45, 2.75) is 58.9 Å². The number of alkyl halides is 3. The minimum atomic E-state index is -4.83. The number of ether oxygens (including phenoxy) is 5. The maximum atomic E-state index is 14.2. The molecule has 0 radical (unpaired) electrons. The van der Waals surface area contributed by atoms with E-state index < -0.39 is 65.9 Å². The van der Waals surface area contributed by atoms with Gasteiger partial charge in [-0.2, -0.15) is 13.2 Å². The highest BCUT2D eigenvalue weighted by molar-refractivity contribution is 6.09. The van der Waals surface area contributed by atoms with Gasteiger partial charge in [-0.05, 0) is 46.2 Å². The van der Waals surface area contributed by atoms with Crippen LogP contribution >= 0.6 is 0 Å². The van der Waals surface area contributed by atoms with Gasteiger partial charge in [0, 0.05) is 20.1 Å². The maximum Gasteiger partial charge on any atom is 0.416 e. The Balaban J connectivity index is 2.85. The predicted octanol–water partition coefficient (Wildman–Crippen LogP) is 4.45. The summed E-state index contributed by atoms with van der Waals surface area (Å²) in [5.74, 6) is -5.79. The first-order valence-electron chi connectivity index (χ1n) is 12.1. The molecule has 216 valence electrons. The Kier molecular flexibility index (Phi) is 10.4. The molecule has 0 aliphatic carbocycles. The van der Waals surface area contributed by atoms with E-state index in [1.165, 1.54) is 39.3 Å². The predicted molar refractivity (Wildman–Crippen MR) is 134 cm³/mol. The second kappa shape index (κ2) is 12.7. The lowest BCUT2D eigenvalue weighted by molar-refractivity contribution is -0.171. The van der Waals surface area contributed by atoms with Crippen molar-refractivity contribution in [1.82, 2.24) is 0 Å². The van der Waals surface area contributed by atoms with Crippen LogP contribution < -0.4 is 0 Å². The Morgan fingerprint density at radius 3 is 2.05 bits per heavy atom. The molecule has 0 spiro atoms. The quantitative estimate of drug-likeness (QED) is 0.324. The van der Waals surface area contributed by atoms with E-state index in [0.717, 1.165) is 13.2 Å². The molecule has 39 heavy (non-hydrogen) atoms. The zero-order valence-corrected chi connectivity index (χ0v) is 23.2. The van der Waals surface area contributed by atoms with Crippen LogP contribution in [0.2, 0.25) is 0 Å². The van der Waals surface area contributed by atoms with Crippen LogP contribution in [0.15, 0.2) is 40.5 Å². The molecule has 0 saturated carbocycles. The number of carbonyl (C=O) groups excluding carboxylic acids is 3. The van der Waals surface area contributed by atoms with Crippen molar-refractivity contribution in [1.29, 1.82) is 0 Å². The number of carbonyl (C=O) groups is 3. The van der Waals surface area contributed by atoms with E-state index >= 15 is 0 Å². The topological polar surface area (TPSA) is 110 Å². The largest absolute Gasteiger partial charge is 0.468 e. The monoisotopic (exact) mass is 557 g/mol. The van der Waals surface area contributed by atoms with Crippen molar-refractivity contribution in [2.75, 3.05) is 28.1 Å². The molecule has 1 heterocycles. The summed E-state index contributed by atoms with van der Waals surface area (Å²) in [5.41, 5.74) is -2.73. The lowest BCUT2D eigenvalue weighted by Crippen LogP contribution is -2.44. The minimum absolute atomic E-state index is 0.0425. The zero-order chi connectivity index (χ0) is 29.7. The van der Waals surface area contributed by atoms with Gasteiger partial charge in [0.2, 0.25) is 6.79 Å². The van der Waals surface area contributed by atoms with Gasteiger partial charge in [0.1, 0.15) is 5.92 Å². The summed E-state index contributed by atoms with van der Waals surface area (Å²) in [6.07, 6.45) is -6.59. The molecule has 1 aliphatic heterocycles. The van der Waals surface area contributed by atoms with E-state index in [9.17, 15) is 27.6 Å². The Morgan fingerprint density at radius 2 is 1.54 bits per heavy atom. The van der Waals surface area contributed by atoms with Gasteiger partial charge >= 0.3 is 24.1 Å². The molecular formula is C27H34F3NO8. The molecule has 1 aliphatic rings. The molecule has 0 N–H and O–H groups in total. The van der Waals surface area contributed by atoms with Gasteiger partial charge in [-0.25, -0.2) is 4.79 Å².